The Morgan fingerprint density at radius 3 is 0.333 bits per heavy atom. The topological polar surface area (TPSA) is 142 Å². The van der Waals surface area contributed by atoms with E-state index in [4.69, 9.17) is 0 Å². The quantitative estimate of drug-likeness (QED) is 0.540. The second-order valence-corrected chi connectivity index (χ2v) is 0. The first kappa shape index (κ1) is 240. The summed E-state index contributed by atoms with van der Waals surface area (Å²) in [6, 6.07) is 0. The van der Waals surface area contributed by atoms with Gasteiger partial charge >= 0.3 is 36.9 Å². The maximum absolute atomic E-state index is 0. The van der Waals surface area contributed by atoms with Gasteiger partial charge < -0.3 is 27.4 Å². The monoisotopic (exact) mass is 249 g/mol. The summed E-state index contributed by atoms with van der Waals surface area (Å²) in [4.78, 5) is 0. The minimum absolute atomic E-state index is 0. The van der Waals surface area contributed by atoms with Crippen molar-refractivity contribution in [1.29, 1.82) is 0 Å². The Morgan fingerprint density at radius 2 is 0.333 bits per heavy atom. The second kappa shape index (κ2) is 143. The number of hydrogen-bond donors (Lipinski definition) is 0. The number of hydrogen-bond acceptors (Lipinski definition) is 0. The molecule has 0 spiro atoms. The molecule has 0 heterocycles. The van der Waals surface area contributed by atoms with E-state index < -0.39 is 0 Å². The normalized spacial score (nSPS) is 0. The maximum atomic E-state index is 0. The standard InChI is InChI=1S/5O.Tm/q5*-2;+3. The zero-order valence-electron chi connectivity index (χ0n) is 2.32. The van der Waals surface area contributed by atoms with Crippen LogP contribution in [0.25, 0.3) is 0 Å². The number of rotatable bonds is 0. The molecule has 0 aromatic rings. The Hall–Kier alpha value is 1.03. The maximum Gasteiger partial charge on any atom is 3.00 e. The molecule has 50 valence electrons. The predicted octanol–water partition coefficient (Wildman–Crippen LogP) is -0.594. The van der Waals surface area contributed by atoms with Gasteiger partial charge in [-0.2, -0.15) is 0 Å². The van der Waals surface area contributed by atoms with Crippen LogP contribution in [0, 0.1) is 36.9 Å². The molecule has 0 aliphatic carbocycles. The minimum atomic E-state index is 0. The van der Waals surface area contributed by atoms with Gasteiger partial charge in [0.25, 0.3) is 0 Å². The van der Waals surface area contributed by atoms with E-state index in [1.165, 1.54) is 0 Å². The smallest absolute Gasteiger partial charge is 2.00 e. The summed E-state index contributed by atoms with van der Waals surface area (Å²) >= 11 is 0. The van der Waals surface area contributed by atoms with Crippen molar-refractivity contribution in [3.05, 3.63) is 0 Å². The minimum Gasteiger partial charge on any atom is -2.00 e. The molecule has 0 amide bonds. The van der Waals surface area contributed by atoms with E-state index >= 15 is 0 Å². The van der Waals surface area contributed by atoms with Gasteiger partial charge in [0, 0.05) is 0 Å². The Bertz CT molecular complexity index is 3.90. The third-order valence-corrected chi connectivity index (χ3v) is 0. The third kappa shape index (κ3) is 76.6. The van der Waals surface area contributed by atoms with Crippen LogP contribution in [0.4, 0.5) is 0 Å². The molecule has 0 rings (SSSR count). The zero-order valence-corrected chi connectivity index (χ0v) is 4.10. The summed E-state index contributed by atoms with van der Waals surface area (Å²) in [5.74, 6) is 0. The van der Waals surface area contributed by atoms with Gasteiger partial charge in [-0.3, -0.25) is 0 Å². The van der Waals surface area contributed by atoms with Gasteiger partial charge in [-0.05, 0) is 0 Å². The Kier molecular flexibility index (Phi) is 5710. The van der Waals surface area contributed by atoms with E-state index in [-0.39, 0.29) is 64.3 Å². The molecule has 0 aromatic carbocycles. The van der Waals surface area contributed by atoms with E-state index in [1.54, 1.807) is 0 Å². The van der Waals surface area contributed by atoms with Crippen molar-refractivity contribution in [2.75, 3.05) is 0 Å². The van der Waals surface area contributed by atoms with Crippen molar-refractivity contribution in [2.24, 2.45) is 0 Å². The molecule has 0 saturated carbocycles. The molecule has 0 radical (unpaired) electrons. The molecule has 0 aromatic heterocycles. The molecular weight excluding hydrogens is 249 g/mol. The first-order valence-electron chi connectivity index (χ1n) is 0. The second-order valence-electron chi connectivity index (χ2n) is 0. The van der Waals surface area contributed by atoms with Gasteiger partial charge in [0.15, 0.2) is 0 Å². The van der Waals surface area contributed by atoms with Crippen LogP contribution in [0.3, 0.4) is 0 Å². The average molecular weight is 249 g/mol. The molecule has 0 saturated heterocycles. The fourth-order valence-electron chi connectivity index (χ4n) is 0. The molecule has 0 bridgehead atoms. The SMILES string of the molecule is [O-2].[O-2].[O-2].[O-2].[O-2].[Tm+3]. The fourth-order valence-corrected chi connectivity index (χ4v) is 0. The zero-order chi connectivity index (χ0) is 0. The molecule has 0 aliphatic rings. The van der Waals surface area contributed by atoms with Crippen LogP contribution >= 0.6 is 0 Å². The van der Waals surface area contributed by atoms with Crippen LogP contribution in [0.1, 0.15) is 0 Å². The van der Waals surface area contributed by atoms with Crippen molar-refractivity contribution in [3.8, 4) is 0 Å². The first-order valence-corrected chi connectivity index (χ1v) is 0. The van der Waals surface area contributed by atoms with Gasteiger partial charge in [-0.15, -0.1) is 0 Å². The van der Waals surface area contributed by atoms with Crippen LogP contribution in [-0.2, 0) is 27.4 Å². The third-order valence-electron chi connectivity index (χ3n) is 0. The van der Waals surface area contributed by atoms with Gasteiger partial charge in [-0.25, -0.2) is 0 Å². The molecule has 0 N–H and O–H groups in total. The molecule has 0 fully saturated rings. The van der Waals surface area contributed by atoms with E-state index in [1.807, 2.05) is 0 Å². The fraction of sp³-hybridized carbons (Fsp3) is 0. The van der Waals surface area contributed by atoms with Crippen LogP contribution in [0.5, 0.6) is 0 Å². The summed E-state index contributed by atoms with van der Waals surface area (Å²) in [7, 11) is 0. The molecule has 6 heteroatoms. The van der Waals surface area contributed by atoms with E-state index in [2.05, 4.69) is 0 Å². The van der Waals surface area contributed by atoms with Gasteiger partial charge in [0.1, 0.15) is 0 Å². The van der Waals surface area contributed by atoms with Gasteiger partial charge in [0.05, 0.1) is 0 Å². The largest absolute Gasteiger partial charge is 3.00 e. The van der Waals surface area contributed by atoms with Crippen molar-refractivity contribution in [3.63, 3.8) is 0 Å². The molecular formula is O5Tm-7. The Labute approximate surface area is 64.1 Å². The predicted molar refractivity (Wildman–Crippen MR) is 3.43 cm³/mol. The van der Waals surface area contributed by atoms with Gasteiger partial charge in [0.2, 0.25) is 0 Å². The Balaban J connectivity index is 0. The van der Waals surface area contributed by atoms with Gasteiger partial charge in [-0.1, -0.05) is 0 Å². The van der Waals surface area contributed by atoms with Crippen molar-refractivity contribution >= 4 is 0 Å². The molecule has 5 nitrogen and oxygen atoms in total. The van der Waals surface area contributed by atoms with Crippen LogP contribution in [0.2, 0.25) is 0 Å². The van der Waals surface area contributed by atoms with Crippen molar-refractivity contribution in [2.45, 2.75) is 0 Å². The summed E-state index contributed by atoms with van der Waals surface area (Å²) in [6.45, 7) is 0. The molecule has 0 atom stereocenters. The molecule has 6 heavy (non-hydrogen) atoms. The van der Waals surface area contributed by atoms with E-state index in [0.717, 1.165) is 0 Å². The molecule has 0 aliphatic heterocycles. The van der Waals surface area contributed by atoms with Crippen LogP contribution in [-0.4, -0.2) is 0 Å². The van der Waals surface area contributed by atoms with Crippen molar-refractivity contribution < 1.29 is 64.3 Å². The van der Waals surface area contributed by atoms with Crippen LogP contribution < -0.4 is 0 Å². The van der Waals surface area contributed by atoms with E-state index in [9.17, 15) is 0 Å². The average Bonchev–Trinajstić information content (AvgIpc) is 0. The molecule has 0 unspecified atom stereocenters. The summed E-state index contributed by atoms with van der Waals surface area (Å²) in [5, 5.41) is 0. The van der Waals surface area contributed by atoms with E-state index in [0.29, 0.717) is 0 Å². The summed E-state index contributed by atoms with van der Waals surface area (Å²) in [6.07, 6.45) is 0. The van der Waals surface area contributed by atoms with Crippen LogP contribution in [0.15, 0.2) is 0 Å². The summed E-state index contributed by atoms with van der Waals surface area (Å²) < 4.78 is 0. The summed E-state index contributed by atoms with van der Waals surface area (Å²) in [5.41, 5.74) is 0. The first-order chi connectivity index (χ1) is 0. The Morgan fingerprint density at radius 1 is 0.333 bits per heavy atom. The van der Waals surface area contributed by atoms with Crippen molar-refractivity contribution in [1.82, 2.24) is 0 Å².